The van der Waals surface area contributed by atoms with Crippen molar-refractivity contribution >= 4 is 29.4 Å². The van der Waals surface area contributed by atoms with Crippen LogP contribution in [0.5, 0.6) is 0 Å². The van der Waals surface area contributed by atoms with E-state index in [1.807, 2.05) is 0 Å². The lowest BCUT2D eigenvalue weighted by molar-refractivity contribution is -0.384. The van der Waals surface area contributed by atoms with Crippen molar-refractivity contribution in [2.24, 2.45) is 5.10 Å². The molecule has 2 aromatic rings. The van der Waals surface area contributed by atoms with Crippen LogP contribution >= 0.6 is 11.6 Å². The topological polar surface area (TPSA) is 84.6 Å². The first-order valence-electron chi connectivity index (χ1n) is 5.90. The molecule has 0 aliphatic rings. The van der Waals surface area contributed by atoms with Gasteiger partial charge in [-0.3, -0.25) is 14.9 Å². The van der Waals surface area contributed by atoms with Gasteiger partial charge in [-0.15, -0.1) is 0 Å². The summed E-state index contributed by atoms with van der Waals surface area (Å²) in [5.41, 5.74) is 3.03. The predicted octanol–water partition coefficient (Wildman–Crippen LogP) is 3.01. The maximum atomic E-state index is 11.8. The number of benzene rings is 2. The molecule has 2 rings (SSSR count). The van der Waals surface area contributed by atoms with E-state index < -0.39 is 10.8 Å². The monoisotopic (exact) mass is 303 g/mol. The summed E-state index contributed by atoms with van der Waals surface area (Å²) >= 11 is 5.82. The van der Waals surface area contributed by atoms with Crippen molar-refractivity contribution in [2.45, 2.75) is 0 Å². The van der Waals surface area contributed by atoms with E-state index in [0.717, 1.165) is 5.56 Å². The lowest BCUT2D eigenvalue weighted by Crippen LogP contribution is -2.17. The summed E-state index contributed by atoms with van der Waals surface area (Å²) in [5, 5.41) is 15.0. The van der Waals surface area contributed by atoms with Crippen molar-refractivity contribution < 1.29 is 9.72 Å². The molecule has 0 unspecified atom stereocenters. The fourth-order valence-electron chi connectivity index (χ4n) is 1.58. The molecule has 0 radical (unpaired) electrons. The zero-order valence-corrected chi connectivity index (χ0v) is 11.4. The number of carbonyl (C=O) groups excluding carboxylic acids is 1. The van der Waals surface area contributed by atoms with E-state index in [2.05, 4.69) is 10.5 Å². The molecule has 7 heteroatoms. The highest BCUT2D eigenvalue weighted by atomic mass is 35.5. The Kier molecular flexibility index (Phi) is 4.63. The number of nitrogens with zero attached hydrogens (tertiary/aromatic N) is 2. The number of hydrogen-bond donors (Lipinski definition) is 1. The number of hydrogen-bond acceptors (Lipinski definition) is 4. The van der Waals surface area contributed by atoms with Gasteiger partial charge in [-0.1, -0.05) is 29.8 Å². The highest BCUT2D eigenvalue weighted by molar-refractivity contribution is 6.30. The van der Waals surface area contributed by atoms with Crippen LogP contribution in [0.15, 0.2) is 53.6 Å². The third-order valence-corrected chi connectivity index (χ3v) is 2.78. The van der Waals surface area contributed by atoms with E-state index in [9.17, 15) is 14.9 Å². The summed E-state index contributed by atoms with van der Waals surface area (Å²) < 4.78 is 0. The van der Waals surface area contributed by atoms with Crippen LogP contribution < -0.4 is 5.43 Å². The number of halogens is 1. The molecule has 0 aliphatic carbocycles. The van der Waals surface area contributed by atoms with Crippen LogP contribution in [0.25, 0.3) is 0 Å². The molecule has 0 bridgehead atoms. The molecule has 0 heterocycles. The van der Waals surface area contributed by atoms with E-state index in [0.29, 0.717) is 5.02 Å². The summed E-state index contributed by atoms with van der Waals surface area (Å²) in [5.74, 6) is -0.531. The summed E-state index contributed by atoms with van der Waals surface area (Å²) in [6.07, 6.45) is 1.43. The van der Waals surface area contributed by atoms with Crippen molar-refractivity contribution in [3.05, 3.63) is 74.8 Å². The van der Waals surface area contributed by atoms with Gasteiger partial charge in [0.15, 0.2) is 0 Å². The second kappa shape index (κ2) is 6.62. The van der Waals surface area contributed by atoms with Crippen LogP contribution in [0.3, 0.4) is 0 Å². The summed E-state index contributed by atoms with van der Waals surface area (Å²) in [4.78, 5) is 21.9. The van der Waals surface area contributed by atoms with Crippen molar-refractivity contribution in [3.63, 3.8) is 0 Å². The molecule has 2 aromatic carbocycles. The molecule has 0 atom stereocenters. The first kappa shape index (κ1) is 14.7. The fourth-order valence-corrected chi connectivity index (χ4v) is 1.78. The Bertz CT molecular complexity index is 716. The summed E-state index contributed by atoms with van der Waals surface area (Å²) in [6.45, 7) is 0. The molecule has 6 nitrogen and oxygen atoms in total. The van der Waals surface area contributed by atoms with Crippen molar-refractivity contribution in [3.8, 4) is 0 Å². The Morgan fingerprint density at radius 3 is 2.71 bits per heavy atom. The van der Waals surface area contributed by atoms with Crippen LogP contribution in [0.4, 0.5) is 5.69 Å². The van der Waals surface area contributed by atoms with E-state index in [-0.39, 0.29) is 11.3 Å². The average molecular weight is 304 g/mol. The van der Waals surface area contributed by atoms with Gasteiger partial charge in [-0.25, -0.2) is 5.43 Å². The Morgan fingerprint density at radius 1 is 1.24 bits per heavy atom. The van der Waals surface area contributed by atoms with Gasteiger partial charge in [0, 0.05) is 22.7 Å². The van der Waals surface area contributed by atoms with Crippen molar-refractivity contribution in [1.29, 1.82) is 0 Å². The smallest absolute Gasteiger partial charge is 0.267 e. The number of non-ortho nitro benzene ring substituents is 1. The maximum Gasteiger partial charge on any atom is 0.271 e. The van der Waals surface area contributed by atoms with Crippen molar-refractivity contribution in [2.75, 3.05) is 0 Å². The molecule has 106 valence electrons. The summed E-state index contributed by atoms with van der Waals surface area (Å²) in [6, 6.07) is 12.3. The zero-order valence-electron chi connectivity index (χ0n) is 10.7. The predicted molar refractivity (Wildman–Crippen MR) is 79.6 cm³/mol. The average Bonchev–Trinajstić information content (AvgIpc) is 2.47. The maximum absolute atomic E-state index is 11.8. The van der Waals surface area contributed by atoms with E-state index >= 15 is 0 Å². The van der Waals surface area contributed by atoms with Gasteiger partial charge in [-0.05, 0) is 23.8 Å². The minimum absolute atomic E-state index is 0.151. The van der Waals surface area contributed by atoms with Crippen LogP contribution in [0.1, 0.15) is 15.9 Å². The number of carbonyl (C=O) groups is 1. The van der Waals surface area contributed by atoms with E-state index in [1.54, 1.807) is 24.3 Å². The highest BCUT2D eigenvalue weighted by Crippen LogP contribution is 2.13. The Morgan fingerprint density at radius 2 is 2.00 bits per heavy atom. The normalized spacial score (nSPS) is 10.5. The molecular weight excluding hydrogens is 294 g/mol. The molecule has 1 amide bonds. The van der Waals surface area contributed by atoms with Gasteiger partial charge in [0.1, 0.15) is 0 Å². The number of nitro groups is 1. The molecule has 0 fully saturated rings. The third-order valence-electron chi connectivity index (χ3n) is 2.55. The van der Waals surface area contributed by atoms with E-state index in [1.165, 1.54) is 30.5 Å². The number of rotatable bonds is 4. The Balaban J connectivity index is 2.05. The summed E-state index contributed by atoms with van der Waals surface area (Å²) in [7, 11) is 0. The van der Waals surface area contributed by atoms with E-state index in [4.69, 9.17) is 11.6 Å². The van der Waals surface area contributed by atoms with Gasteiger partial charge >= 0.3 is 0 Å². The molecule has 0 aliphatic heterocycles. The standard InChI is InChI=1S/C14H10ClN3O3/c15-12-5-1-3-10(7-12)9-16-17-14(19)11-4-2-6-13(8-11)18(20)21/h1-9H,(H,17,19)/b16-9-. The van der Waals surface area contributed by atoms with Crippen LogP contribution in [-0.4, -0.2) is 17.0 Å². The fraction of sp³-hybridized carbons (Fsp3) is 0. The molecule has 0 spiro atoms. The minimum atomic E-state index is -0.563. The molecule has 0 aromatic heterocycles. The van der Waals surface area contributed by atoms with Gasteiger partial charge < -0.3 is 0 Å². The number of nitrogens with one attached hydrogen (secondary N) is 1. The Hall–Kier alpha value is -2.73. The van der Waals surface area contributed by atoms with Gasteiger partial charge in [0.2, 0.25) is 0 Å². The quantitative estimate of drug-likeness (QED) is 0.535. The second-order valence-electron chi connectivity index (χ2n) is 4.06. The largest absolute Gasteiger partial charge is 0.271 e. The van der Waals surface area contributed by atoms with Crippen LogP contribution in [0, 0.1) is 10.1 Å². The van der Waals surface area contributed by atoms with Gasteiger partial charge in [0.05, 0.1) is 11.1 Å². The van der Waals surface area contributed by atoms with Gasteiger partial charge in [0.25, 0.3) is 11.6 Å². The van der Waals surface area contributed by atoms with Crippen LogP contribution in [0.2, 0.25) is 5.02 Å². The highest BCUT2D eigenvalue weighted by Gasteiger charge is 2.10. The third kappa shape index (κ3) is 4.12. The molecule has 0 saturated carbocycles. The lowest BCUT2D eigenvalue weighted by Gasteiger charge is -2.00. The molecule has 1 N–H and O–H groups in total. The minimum Gasteiger partial charge on any atom is -0.267 e. The number of amides is 1. The van der Waals surface area contributed by atoms with Gasteiger partial charge in [-0.2, -0.15) is 5.10 Å². The number of nitro benzene ring substituents is 1. The first-order chi connectivity index (χ1) is 10.1. The van der Waals surface area contributed by atoms with Crippen molar-refractivity contribution in [1.82, 2.24) is 5.43 Å². The van der Waals surface area contributed by atoms with Crippen LogP contribution in [-0.2, 0) is 0 Å². The molecule has 21 heavy (non-hydrogen) atoms. The SMILES string of the molecule is O=C(N/N=C\c1cccc(Cl)c1)c1cccc([N+](=O)[O-])c1. The Labute approximate surface area is 125 Å². The molecule has 0 saturated heterocycles. The lowest BCUT2D eigenvalue weighted by atomic mass is 10.2. The number of hydrazone groups is 1. The second-order valence-corrected chi connectivity index (χ2v) is 4.50. The first-order valence-corrected chi connectivity index (χ1v) is 6.27. The molecular formula is C14H10ClN3O3. The zero-order chi connectivity index (χ0) is 15.2.